The summed E-state index contributed by atoms with van der Waals surface area (Å²) in [4.78, 5) is 0. The Bertz CT molecular complexity index is 94.2. The molecule has 0 nitrogen and oxygen atoms in total. The summed E-state index contributed by atoms with van der Waals surface area (Å²) in [5, 5.41) is 0. The Labute approximate surface area is 71.7 Å². The fourth-order valence-corrected chi connectivity index (χ4v) is 1.56. The van der Waals surface area contributed by atoms with Crippen LogP contribution in [0.4, 0.5) is 0 Å². The Morgan fingerprint density at radius 3 is 2.36 bits per heavy atom. The van der Waals surface area contributed by atoms with Gasteiger partial charge in [0.25, 0.3) is 0 Å². The molecule has 0 aliphatic heterocycles. The van der Waals surface area contributed by atoms with Crippen LogP contribution in [0.2, 0.25) is 0 Å². The summed E-state index contributed by atoms with van der Waals surface area (Å²) in [6.45, 7) is 10.7. The predicted octanol–water partition coefficient (Wildman–Crippen LogP) is 4.02. The molecule has 0 aliphatic rings. The van der Waals surface area contributed by atoms with E-state index in [0.29, 0.717) is 0 Å². The van der Waals surface area contributed by atoms with E-state index >= 15 is 0 Å². The minimum Gasteiger partial charge on any atom is -0.103 e. The Balaban J connectivity index is 3.53. The van der Waals surface area contributed by atoms with Gasteiger partial charge in [-0.3, -0.25) is 0 Å². The third-order valence-electron chi connectivity index (χ3n) is 2.34. The maximum atomic E-state index is 3.85. The van der Waals surface area contributed by atoms with E-state index in [-0.39, 0.29) is 0 Å². The van der Waals surface area contributed by atoms with Crippen molar-refractivity contribution in [2.24, 2.45) is 11.8 Å². The Kier molecular flexibility index (Phi) is 6.30. The average molecular weight is 154 g/mol. The first-order valence-electron chi connectivity index (χ1n) is 4.87. The van der Waals surface area contributed by atoms with Crippen molar-refractivity contribution in [2.45, 2.75) is 46.5 Å². The fraction of sp³-hybridized carbons (Fsp3) is 0.818. The lowest BCUT2D eigenvalue weighted by Crippen LogP contribution is -2.02. The topological polar surface area (TPSA) is 0 Å². The molecule has 2 atom stereocenters. The van der Waals surface area contributed by atoms with Gasteiger partial charge in [0.1, 0.15) is 0 Å². The van der Waals surface area contributed by atoms with E-state index in [1.54, 1.807) is 0 Å². The summed E-state index contributed by atoms with van der Waals surface area (Å²) in [6, 6.07) is 0. The molecule has 0 amide bonds. The van der Waals surface area contributed by atoms with Crippen molar-refractivity contribution in [3.05, 3.63) is 12.7 Å². The molecule has 0 fully saturated rings. The average Bonchev–Trinajstić information content (AvgIpc) is 2.01. The molecule has 0 bridgehead atoms. The molecule has 0 radical (unpaired) electrons. The molecule has 66 valence electrons. The van der Waals surface area contributed by atoms with E-state index in [4.69, 9.17) is 0 Å². The summed E-state index contributed by atoms with van der Waals surface area (Å²) >= 11 is 0. The number of hydrogen-bond donors (Lipinski definition) is 0. The molecule has 0 heterocycles. The molecule has 0 aromatic rings. The Morgan fingerprint density at radius 2 is 2.00 bits per heavy atom. The molecule has 0 saturated carbocycles. The third-order valence-corrected chi connectivity index (χ3v) is 2.34. The van der Waals surface area contributed by atoms with Crippen molar-refractivity contribution in [2.75, 3.05) is 0 Å². The van der Waals surface area contributed by atoms with Crippen LogP contribution in [0, 0.1) is 11.8 Å². The summed E-state index contributed by atoms with van der Waals surface area (Å²) in [6.07, 6.45) is 7.36. The van der Waals surface area contributed by atoms with Crippen LogP contribution in [0.25, 0.3) is 0 Å². The summed E-state index contributed by atoms with van der Waals surface area (Å²) < 4.78 is 0. The van der Waals surface area contributed by atoms with Crippen LogP contribution in [0.3, 0.4) is 0 Å². The highest BCUT2D eigenvalue weighted by molar-refractivity contribution is 4.78. The third kappa shape index (κ3) is 5.06. The SMILES string of the molecule is C=CC(CC)CC(C)CCC. The van der Waals surface area contributed by atoms with Crippen LogP contribution in [-0.4, -0.2) is 0 Å². The molecule has 2 unspecified atom stereocenters. The summed E-state index contributed by atoms with van der Waals surface area (Å²) in [5.74, 6) is 1.62. The minimum atomic E-state index is 0.747. The molecule has 0 heteroatoms. The van der Waals surface area contributed by atoms with Gasteiger partial charge in [-0.2, -0.15) is 0 Å². The van der Waals surface area contributed by atoms with Crippen LogP contribution < -0.4 is 0 Å². The van der Waals surface area contributed by atoms with Gasteiger partial charge in [0, 0.05) is 0 Å². The molecule has 0 aromatic carbocycles. The number of allylic oxidation sites excluding steroid dienone is 1. The largest absolute Gasteiger partial charge is 0.103 e. The second-order valence-electron chi connectivity index (χ2n) is 3.53. The van der Waals surface area contributed by atoms with Gasteiger partial charge in [-0.15, -0.1) is 6.58 Å². The standard InChI is InChI=1S/C11H22/c1-5-8-10(4)9-11(6-2)7-3/h6,10-11H,2,5,7-9H2,1,3-4H3. The normalized spacial score (nSPS) is 15.9. The molecule has 0 saturated heterocycles. The van der Waals surface area contributed by atoms with Crippen LogP contribution in [0.5, 0.6) is 0 Å². The van der Waals surface area contributed by atoms with Crippen molar-refractivity contribution < 1.29 is 0 Å². The molecule has 0 N–H and O–H groups in total. The van der Waals surface area contributed by atoms with Crippen molar-refractivity contribution in [1.82, 2.24) is 0 Å². The van der Waals surface area contributed by atoms with E-state index < -0.39 is 0 Å². The van der Waals surface area contributed by atoms with Crippen molar-refractivity contribution in [1.29, 1.82) is 0 Å². The Hall–Kier alpha value is -0.260. The molecule has 0 rings (SSSR count). The predicted molar refractivity (Wildman–Crippen MR) is 52.7 cm³/mol. The van der Waals surface area contributed by atoms with Crippen LogP contribution >= 0.6 is 0 Å². The van der Waals surface area contributed by atoms with E-state index in [1.807, 2.05) is 0 Å². The molecule has 0 aromatic heterocycles. The molecular formula is C11H22. The lowest BCUT2D eigenvalue weighted by molar-refractivity contribution is 0.411. The van der Waals surface area contributed by atoms with Gasteiger partial charge < -0.3 is 0 Å². The van der Waals surface area contributed by atoms with E-state index in [1.165, 1.54) is 25.7 Å². The maximum Gasteiger partial charge on any atom is -0.0236 e. The van der Waals surface area contributed by atoms with Crippen LogP contribution in [-0.2, 0) is 0 Å². The highest BCUT2D eigenvalue weighted by atomic mass is 14.1. The second kappa shape index (κ2) is 6.45. The number of hydrogen-bond acceptors (Lipinski definition) is 0. The Morgan fingerprint density at radius 1 is 1.36 bits per heavy atom. The van der Waals surface area contributed by atoms with Gasteiger partial charge in [-0.25, -0.2) is 0 Å². The van der Waals surface area contributed by atoms with E-state index in [9.17, 15) is 0 Å². The lowest BCUT2D eigenvalue weighted by Gasteiger charge is -2.15. The van der Waals surface area contributed by atoms with Crippen LogP contribution in [0.1, 0.15) is 46.5 Å². The second-order valence-corrected chi connectivity index (χ2v) is 3.53. The van der Waals surface area contributed by atoms with Crippen LogP contribution in [0.15, 0.2) is 12.7 Å². The zero-order valence-electron chi connectivity index (χ0n) is 8.27. The zero-order valence-corrected chi connectivity index (χ0v) is 8.27. The van der Waals surface area contributed by atoms with Gasteiger partial charge in [0.15, 0.2) is 0 Å². The van der Waals surface area contributed by atoms with Gasteiger partial charge in [-0.1, -0.05) is 39.7 Å². The highest BCUT2D eigenvalue weighted by Gasteiger charge is 2.06. The number of rotatable bonds is 6. The van der Waals surface area contributed by atoms with E-state index in [0.717, 1.165) is 11.8 Å². The first-order valence-corrected chi connectivity index (χ1v) is 4.87. The summed E-state index contributed by atoms with van der Waals surface area (Å²) in [5.41, 5.74) is 0. The van der Waals surface area contributed by atoms with Crippen molar-refractivity contribution in [3.63, 3.8) is 0 Å². The monoisotopic (exact) mass is 154 g/mol. The molecule has 11 heavy (non-hydrogen) atoms. The van der Waals surface area contributed by atoms with Gasteiger partial charge in [-0.05, 0) is 24.7 Å². The van der Waals surface area contributed by atoms with Gasteiger partial charge in [0.2, 0.25) is 0 Å². The minimum absolute atomic E-state index is 0.747. The molecule has 0 aliphatic carbocycles. The molecular weight excluding hydrogens is 132 g/mol. The first-order chi connectivity index (χ1) is 5.24. The zero-order chi connectivity index (χ0) is 8.69. The van der Waals surface area contributed by atoms with Crippen molar-refractivity contribution >= 4 is 0 Å². The fourth-order valence-electron chi connectivity index (χ4n) is 1.56. The summed E-state index contributed by atoms with van der Waals surface area (Å²) in [7, 11) is 0. The highest BCUT2D eigenvalue weighted by Crippen LogP contribution is 2.19. The van der Waals surface area contributed by atoms with Crippen molar-refractivity contribution in [3.8, 4) is 0 Å². The van der Waals surface area contributed by atoms with Gasteiger partial charge >= 0.3 is 0 Å². The van der Waals surface area contributed by atoms with E-state index in [2.05, 4.69) is 33.4 Å². The van der Waals surface area contributed by atoms with Gasteiger partial charge in [0.05, 0.1) is 0 Å². The maximum absolute atomic E-state index is 3.85. The molecule has 0 spiro atoms. The lowest BCUT2D eigenvalue weighted by atomic mass is 9.91. The first kappa shape index (κ1) is 10.7. The quantitative estimate of drug-likeness (QED) is 0.507. The smallest absolute Gasteiger partial charge is 0.0236 e.